The Hall–Kier alpha value is -1.21. The van der Waals surface area contributed by atoms with Gasteiger partial charge in [0.2, 0.25) is 0 Å². The molecule has 114 valence electrons. The molecule has 0 radical (unpaired) electrons. The highest BCUT2D eigenvalue weighted by molar-refractivity contribution is 9.10. The highest BCUT2D eigenvalue weighted by Gasteiger charge is 2.18. The number of aromatic nitrogens is 1. The van der Waals surface area contributed by atoms with Gasteiger partial charge in [-0.3, -0.25) is 4.72 Å². The van der Waals surface area contributed by atoms with Crippen LogP contribution in [0.25, 0.3) is 10.9 Å². The molecule has 0 atom stereocenters. The largest absolute Gasteiger partial charge is 0.358 e. The Labute approximate surface area is 145 Å². The van der Waals surface area contributed by atoms with Crippen molar-refractivity contribution >= 4 is 65.7 Å². The van der Waals surface area contributed by atoms with Crippen LogP contribution in [-0.4, -0.2) is 13.4 Å². The second-order valence-corrected chi connectivity index (χ2v) is 7.96. The van der Waals surface area contributed by atoms with Crippen LogP contribution in [0.3, 0.4) is 0 Å². The second kappa shape index (κ2) is 5.77. The van der Waals surface area contributed by atoms with E-state index < -0.39 is 10.0 Å². The van der Waals surface area contributed by atoms with Gasteiger partial charge in [-0.2, -0.15) is 0 Å². The summed E-state index contributed by atoms with van der Waals surface area (Å²) in [5, 5.41) is 1.47. The maximum atomic E-state index is 12.5. The first-order chi connectivity index (χ1) is 10.4. The third-order valence-electron chi connectivity index (χ3n) is 3.09. The maximum absolute atomic E-state index is 12.5. The maximum Gasteiger partial charge on any atom is 0.262 e. The van der Waals surface area contributed by atoms with E-state index in [9.17, 15) is 8.42 Å². The first kappa shape index (κ1) is 15.7. The molecule has 0 unspecified atom stereocenters. The van der Waals surface area contributed by atoms with Crippen molar-refractivity contribution < 1.29 is 8.42 Å². The first-order valence-electron chi connectivity index (χ1n) is 6.12. The van der Waals surface area contributed by atoms with E-state index in [1.54, 1.807) is 30.5 Å². The van der Waals surface area contributed by atoms with Crippen molar-refractivity contribution in [2.24, 2.45) is 0 Å². The van der Waals surface area contributed by atoms with Crippen molar-refractivity contribution in [3.8, 4) is 0 Å². The number of anilines is 1. The van der Waals surface area contributed by atoms with Gasteiger partial charge in [0.25, 0.3) is 10.0 Å². The first-order valence-corrected chi connectivity index (χ1v) is 9.15. The summed E-state index contributed by atoms with van der Waals surface area (Å²) >= 11 is 15.4. The van der Waals surface area contributed by atoms with E-state index in [-0.39, 0.29) is 4.90 Å². The van der Waals surface area contributed by atoms with E-state index in [2.05, 4.69) is 25.6 Å². The van der Waals surface area contributed by atoms with E-state index in [0.29, 0.717) is 31.1 Å². The molecule has 0 bridgehead atoms. The van der Waals surface area contributed by atoms with E-state index >= 15 is 0 Å². The quantitative estimate of drug-likeness (QED) is 0.624. The van der Waals surface area contributed by atoms with Gasteiger partial charge in [-0.15, -0.1) is 0 Å². The highest BCUT2D eigenvalue weighted by atomic mass is 79.9. The minimum absolute atomic E-state index is 0.155. The minimum Gasteiger partial charge on any atom is -0.358 e. The molecule has 0 aliphatic carbocycles. The van der Waals surface area contributed by atoms with Crippen LogP contribution in [0.4, 0.5) is 5.69 Å². The molecule has 2 N–H and O–H groups in total. The van der Waals surface area contributed by atoms with Gasteiger partial charge in [0.15, 0.2) is 0 Å². The number of H-pyrrole nitrogens is 1. The van der Waals surface area contributed by atoms with Gasteiger partial charge >= 0.3 is 0 Å². The SMILES string of the molecule is O=S(=O)(Nc1ccc(Cl)c2c(Cl)c[nH]c12)c1cccc(Br)c1. The van der Waals surface area contributed by atoms with Crippen molar-refractivity contribution in [2.75, 3.05) is 4.72 Å². The Morgan fingerprint density at radius 3 is 2.59 bits per heavy atom. The van der Waals surface area contributed by atoms with Crippen LogP contribution in [0, 0.1) is 0 Å². The van der Waals surface area contributed by atoms with E-state index in [1.165, 1.54) is 12.1 Å². The molecule has 0 aliphatic heterocycles. The fourth-order valence-electron chi connectivity index (χ4n) is 2.09. The summed E-state index contributed by atoms with van der Waals surface area (Å²) in [6.07, 6.45) is 1.56. The van der Waals surface area contributed by atoms with Gasteiger partial charge in [-0.05, 0) is 30.3 Å². The lowest BCUT2D eigenvalue weighted by Gasteiger charge is -2.10. The Balaban J connectivity index is 2.09. The van der Waals surface area contributed by atoms with E-state index in [1.807, 2.05) is 0 Å². The number of sulfonamides is 1. The summed E-state index contributed by atoms with van der Waals surface area (Å²) in [6, 6.07) is 9.64. The molecule has 1 heterocycles. The smallest absolute Gasteiger partial charge is 0.262 e. The molecule has 0 aliphatic rings. The number of hydrogen-bond donors (Lipinski definition) is 2. The second-order valence-electron chi connectivity index (χ2n) is 4.54. The lowest BCUT2D eigenvalue weighted by atomic mass is 10.2. The van der Waals surface area contributed by atoms with Crippen molar-refractivity contribution in [2.45, 2.75) is 4.90 Å². The summed E-state index contributed by atoms with van der Waals surface area (Å²) in [4.78, 5) is 3.09. The lowest BCUT2D eigenvalue weighted by molar-refractivity contribution is 0.601. The summed E-state index contributed by atoms with van der Waals surface area (Å²) in [5.41, 5.74) is 0.919. The van der Waals surface area contributed by atoms with Gasteiger partial charge in [-0.25, -0.2) is 8.42 Å². The fraction of sp³-hybridized carbons (Fsp3) is 0. The minimum atomic E-state index is -3.72. The molecule has 2 aromatic carbocycles. The molecule has 1 aromatic heterocycles. The van der Waals surface area contributed by atoms with Crippen molar-refractivity contribution in [3.63, 3.8) is 0 Å². The third-order valence-corrected chi connectivity index (χ3v) is 5.56. The number of halogens is 3. The number of hydrogen-bond acceptors (Lipinski definition) is 2. The topological polar surface area (TPSA) is 62.0 Å². The molecule has 0 spiro atoms. The zero-order valence-corrected chi connectivity index (χ0v) is 14.8. The van der Waals surface area contributed by atoms with Gasteiger partial charge in [0.1, 0.15) is 0 Å². The van der Waals surface area contributed by atoms with Crippen LogP contribution in [0.15, 0.2) is 52.0 Å². The Bertz CT molecular complexity index is 970. The molecule has 0 amide bonds. The van der Waals surface area contributed by atoms with Crippen LogP contribution < -0.4 is 4.72 Å². The van der Waals surface area contributed by atoms with Gasteiger partial charge in [-0.1, -0.05) is 45.2 Å². The van der Waals surface area contributed by atoms with Crippen LogP contribution in [0.1, 0.15) is 0 Å². The average molecular weight is 420 g/mol. The van der Waals surface area contributed by atoms with Crippen molar-refractivity contribution in [3.05, 3.63) is 57.1 Å². The molecule has 3 aromatic rings. The predicted octanol–water partition coefficient (Wildman–Crippen LogP) is 5.04. The highest BCUT2D eigenvalue weighted by Crippen LogP contribution is 2.35. The summed E-state index contributed by atoms with van der Waals surface area (Å²) < 4.78 is 28.2. The lowest BCUT2D eigenvalue weighted by Crippen LogP contribution is -2.13. The molecular weight excluding hydrogens is 411 g/mol. The predicted molar refractivity (Wildman–Crippen MR) is 93.3 cm³/mol. The number of rotatable bonds is 3. The molecular formula is C14H9BrCl2N2O2S. The number of fused-ring (bicyclic) bond motifs is 1. The number of nitrogens with one attached hydrogen (secondary N) is 2. The normalized spacial score (nSPS) is 11.8. The van der Waals surface area contributed by atoms with Gasteiger partial charge in [0, 0.05) is 16.1 Å². The van der Waals surface area contributed by atoms with E-state index in [4.69, 9.17) is 23.2 Å². The van der Waals surface area contributed by atoms with E-state index in [0.717, 1.165) is 0 Å². The molecule has 0 saturated carbocycles. The Morgan fingerprint density at radius 1 is 1.09 bits per heavy atom. The molecule has 8 heteroatoms. The number of benzene rings is 2. The van der Waals surface area contributed by atoms with Crippen LogP contribution in [0.2, 0.25) is 10.0 Å². The summed E-state index contributed by atoms with van der Waals surface area (Å²) in [5.74, 6) is 0. The van der Waals surface area contributed by atoms with Crippen molar-refractivity contribution in [1.82, 2.24) is 4.98 Å². The standard InChI is InChI=1S/C14H9BrCl2N2O2S/c15-8-2-1-3-9(6-8)22(20,21)19-12-5-4-10(16)13-11(17)7-18-14(12)13/h1-7,18-19H. The Morgan fingerprint density at radius 2 is 1.86 bits per heavy atom. The summed E-state index contributed by atoms with van der Waals surface area (Å²) in [7, 11) is -3.72. The monoisotopic (exact) mass is 418 g/mol. The van der Waals surface area contributed by atoms with Crippen LogP contribution >= 0.6 is 39.1 Å². The molecule has 4 nitrogen and oxygen atoms in total. The molecule has 0 fully saturated rings. The number of aromatic amines is 1. The van der Waals surface area contributed by atoms with Crippen molar-refractivity contribution in [1.29, 1.82) is 0 Å². The van der Waals surface area contributed by atoms with Gasteiger partial charge in [0.05, 0.1) is 26.1 Å². The zero-order valence-electron chi connectivity index (χ0n) is 10.9. The third kappa shape index (κ3) is 2.84. The molecule has 22 heavy (non-hydrogen) atoms. The Kier molecular flexibility index (Phi) is 4.11. The summed E-state index contributed by atoms with van der Waals surface area (Å²) in [6.45, 7) is 0. The molecule has 0 saturated heterocycles. The van der Waals surface area contributed by atoms with Crippen LogP contribution in [-0.2, 0) is 10.0 Å². The average Bonchev–Trinajstić information content (AvgIpc) is 2.85. The zero-order chi connectivity index (χ0) is 15.9. The van der Waals surface area contributed by atoms with Crippen LogP contribution in [0.5, 0.6) is 0 Å². The van der Waals surface area contributed by atoms with Gasteiger partial charge < -0.3 is 4.98 Å². The fourth-order valence-corrected chi connectivity index (χ4v) is 4.32. The molecule has 3 rings (SSSR count).